The van der Waals surface area contributed by atoms with Crippen molar-refractivity contribution < 1.29 is 4.39 Å². The highest BCUT2D eigenvalue weighted by Crippen LogP contribution is 2.20. The molecular formula is C16H19FN2. The second kappa shape index (κ2) is 5.85. The molecule has 0 aromatic heterocycles. The van der Waals surface area contributed by atoms with Crippen LogP contribution in [0.25, 0.3) is 0 Å². The van der Waals surface area contributed by atoms with Gasteiger partial charge in [-0.25, -0.2) is 4.39 Å². The van der Waals surface area contributed by atoms with Gasteiger partial charge in [-0.3, -0.25) is 0 Å². The maximum atomic E-state index is 13.4. The van der Waals surface area contributed by atoms with Crippen molar-refractivity contribution in [3.8, 4) is 0 Å². The van der Waals surface area contributed by atoms with Gasteiger partial charge in [-0.05, 0) is 36.2 Å². The van der Waals surface area contributed by atoms with Gasteiger partial charge in [0, 0.05) is 31.4 Å². The number of rotatable bonds is 4. The molecule has 0 aliphatic carbocycles. The Morgan fingerprint density at radius 2 is 1.89 bits per heavy atom. The highest BCUT2D eigenvalue weighted by atomic mass is 19.1. The molecule has 0 saturated carbocycles. The Bertz CT molecular complexity index is 566. The number of nitrogens with zero attached hydrogens (tertiary/aromatic N) is 1. The largest absolute Gasteiger partial charge is 0.370 e. The Morgan fingerprint density at radius 1 is 1.16 bits per heavy atom. The Morgan fingerprint density at radius 3 is 2.58 bits per heavy atom. The summed E-state index contributed by atoms with van der Waals surface area (Å²) in [5.41, 5.74) is 9.57. The lowest BCUT2D eigenvalue weighted by Gasteiger charge is -2.21. The van der Waals surface area contributed by atoms with Crippen LogP contribution in [0.5, 0.6) is 0 Å². The zero-order chi connectivity index (χ0) is 13.8. The van der Waals surface area contributed by atoms with E-state index < -0.39 is 0 Å². The van der Waals surface area contributed by atoms with E-state index in [4.69, 9.17) is 5.73 Å². The molecule has 3 heteroatoms. The molecule has 0 atom stereocenters. The number of halogens is 1. The normalized spacial score (nSPS) is 10.5. The van der Waals surface area contributed by atoms with E-state index in [1.807, 2.05) is 31.3 Å². The summed E-state index contributed by atoms with van der Waals surface area (Å²) >= 11 is 0. The smallest absolute Gasteiger partial charge is 0.127 e. The average molecular weight is 258 g/mol. The molecule has 19 heavy (non-hydrogen) atoms. The molecule has 0 fully saturated rings. The van der Waals surface area contributed by atoms with Crippen LogP contribution in [0, 0.1) is 12.7 Å². The molecular weight excluding hydrogens is 239 g/mol. The maximum Gasteiger partial charge on any atom is 0.127 e. The molecule has 2 aromatic carbocycles. The van der Waals surface area contributed by atoms with Gasteiger partial charge in [-0.15, -0.1) is 0 Å². The molecule has 2 N–H and O–H groups in total. The number of para-hydroxylation sites is 1. The maximum absolute atomic E-state index is 13.4. The molecule has 2 aromatic rings. The van der Waals surface area contributed by atoms with Crippen molar-refractivity contribution in [2.75, 3.05) is 11.9 Å². The van der Waals surface area contributed by atoms with Crippen LogP contribution in [0.1, 0.15) is 16.7 Å². The molecule has 0 heterocycles. The Labute approximate surface area is 113 Å². The Kier molecular flexibility index (Phi) is 4.17. The quantitative estimate of drug-likeness (QED) is 0.912. The van der Waals surface area contributed by atoms with E-state index in [1.165, 1.54) is 17.3 Å². The SMILES string of the molecule is Cc1ccccc1N(C)Cc1ccc(F)c(CN)c1. The summed E-state index contributed by atoms with van der Waals surface area (Å²) in [4.78, 5) is 2.16. The first-order valence-electron chi connectivity index (χ1n) is 6.36. The summed E-state index contributed by atoms with van der Waals surface area (Å²) in [5, 5.41) is 0. The molecule has 0 saturated heterocycles. The second-order valence-corrected chi connectivity index (χ2v) is 4.77. The molecule has 100 valence electrons. The van der Waals surface area contributed by atoms with Crippen molar-refractivity contribution in [2.24, 2.45) is 5.73 Å². The minimum Gasteiger partial charge on any atom is -0.370 e. The van der Waals surface area contributed by atoms with E-state index in [-0.39, 0.29) is 12.4 Å². The van der Waals surface area contributed by atoms with Crippen molar-refractivity contribution in [3.05, 3.63) is 65.0 Å². The number of aryl methyl sites for hydroxylation is 1. The van der Waals surface area contributed by atoms with Gasteiger partial charge in [0.1, 0.15) is 5.82 Å². The molecule has 0 aliphatic rings. The number of benzene rings is 2. The number of hydrogen-bond acceptors (Lipinski definition) is 2. The summed E-state index contributed by atoms with van der Waals surface area (Å²) in [5.74, 6) is -0.232. The first kappa shape index (κ1) is 13.6. The minimum atomic E-state index is -0.232. The fraction of sp³-hybridized carbons (Fsp3) is 0.250. The molecule has 0 bridgehead atoms. The van der Waals surface area contributed by atoms with Crippen LogP contribution in [0.15, 0.2) is 42.5 Å². The standard InChI is InChI=1S/C16H19FN2/c1-12-5-3-4-6-16(12)19(2)11-13-7-8-15(17)14(9-13)10-18/h3-9H,10-11,18H2,1-2H3. The molecule has 0 amide bonds. The van der Waals surface area contributed by atoms with Gasteiger partial charge in [-0.2, -0.15) is 0 Å². The minimum absolute atomic E-state index is 0.230. The lowest BCUT2D eigenvalue weighted by atomic mass is 10.1. The first-order valence-corrected chi connectivity index (χ1v) is 6.36. The summed E-state index contributed by atoms with van der Waals surface area (Å²) in [7, 11) is 2.04. The lowest BCUT2D eigenvalue weighted by Crippen LogP contribution is -2.17. The molecule has 0 radical (unpaired) electrons. The zero-order valence-electron chi connectivity index (χ0n) is 11.4. The highest BCUT2D eigenvalue weighted by Gasteiger charge is 2.07. The second-order valence-electron chi connectivity index (χ2n) is 4.77. The molecule has 0 aliphatic heterocycles. The van der Waals surface area contributed by atoms with Gasteiger partial charge < -0.3 is 10.6 Å². The predicted molar refractivity (Wildman–Crippen MR) is 77.6 cm³/mol. The van der Waals surface area contributed by atoms with E-state index in [2.05, 4.69) is 24.0 Å². The van der Waals surface area contributed by atoms with Gasteiger partial charge in [0.15, 0.2) is 0 Å². The fourth-order valence-electron chi connectivity index (χ4n) is 2.23. The van der Waals surface area contributed by atoms with Crippen molar-refractivity contribution in [3.63, 3.8) is 0 Å². The topological polar surface area (TPSA) is 29.3 Å². The van der Waals surface area contributed by atoms with E-state index in [9.17, 15) is 4.39 Å². The van der Waals surface area contributed by atoms with Crippen molar-refractivity contribution in [1.82, 2.24) is 0 Å². The van der Waals surface area contributed by atoms with E-state index in [1.54, 1.807) is 0 Å². The molecule has 2 nitrogen and oxygen atoms in total. The van der Waals surface area contributed by atoms with Crippen molar-refractivity contribution in [2.45, 2.75) is 20.0 Å². The Balaban J connectivity index is 2.19. The monoisotopic (exact) mass is 258 g/mol. The zero-order valence-corrected chi connectivity index (χ0v) is 11.4. The van der Waals surface area contributed by atoms with Crippen molar-refractivity contribution >= 4 is 5.69 Å². The number of hydrogen-bond donors (Lipinski definition) is 1. The molecule has 0 unspecified atom stereocenters. The third-order valence-corrected chi connectivity index (χ3v) is 3.28. The van der Waals surface area contributed by atoms with Crippen LogP contribution >= 0.6 is 0 Å². The highest BCUT2D eigenvalue weighted by molar-refractivity contribution is 5.52. The Hall–Kier alpha value is -1.87. The van der Waals surface area contributed by atoms with Gasteiger partial charge in [-0.1, -0.05) is 24.3 Å². The first-order chi connectivity index (χ1) is 9.11. The van der Waals surface area contributed by atoms with Gasteiger partial charge in [0.25, 0.3) is 0 Å². The van der Waals surface area contributed by atoms with Crippen molar-refractivity contribution in [1.29, 1.82) is 0 Å². The number of nitrogens with two attached hydrogens (primary N) is 1. The van der Waals surface area contributed by atoms with E-state index in [0.29, 0.717) is 5.56 Å². The third kappa shape index (κ3) is 3.12. The van der Waals surface area contributed by atoms with Crippen LogP contribution < -0.4 is 10.6 Å². The average Bonchev–Trinajstić information content (AvgIpc) is 2.41. The summed E-state index contributed by atoms with van der Waals surface area (Å²) in [6.45, 7) is 3.05. The predicted octanol–water partition coefficient (Wildman–Crippen LogP) is 3.23. The van der Waals surface area contributed by atoms with Crippen LogP contribution in [0.2, 0.25) is 0 Å². The van der Waals surface area contributed by atoms with Gasteiger partial charge in [0.2, 0.25) is 0 Å². The van der Waals surface area contributed by atoms with Crippen LogP contribution in [-0.4, -0.2) is 7.05 Å². The fourth-order valence-corrected chi connectivity index (χ4v) is 2.23. The summed E-state index contributed by atoms with van der Waals surface area (Å²) < 4.78 is 13.4. The van der Waals surface area contributed by atoms with Crippen LogP contribution in [-0.2, 0) is 13.1 Å². The third-order valence-electron chi connectivity index (χ3n) is 3.28. The van der Waals surface area contributed by atoms with E-state index >= 15 is 0 Å². The van der Waals surface area contributed by atoms with Gasteiger partial charge >= 0.3 is 0 Å². The van der Waals surface area contributed by atoms with Crippen LogP contribution in [0.4, 0.5) is 10.1 Å². The summed E-state index contributed by atoms with van der Waals surface area (Å²) in [6, 6.07) is 13.4. The van der Waals surface area contributed by atoms with Crippen LogP contribution in [0.3, 0.4) is 0 Å². The molecule has 0 spiro atoms. The van der Waals surface area contributed by atoms with Gasteiger partial charge in [0.05, 0.1) is 0 Å². The molecule has 2 rings (SSSR count). The number of anilines is 1. The lowest BCUT2D eigenvalue weighted by molar-refractivity contribution is 0.609. The van der Waals surface area contributed by atoms with E-state index in [0.717, 1.165) is 12.1 Å². The summed E-state index contributed by atoms with van der Waals surface area (Å²) in [6.07, 6.45) is 0.